The summed E-state index contributed by atoms with van der Waals surface area (Å²) >= 11 is 1.21. The molecule has 0 aliphatic heterocycles. The number of nitro benzene ring substituents is 1. The number of hydrogen-bond acceptors (Lipinski definition) is 6. The van der Waals surface area contributed by atoms with Crippen LogP contribution in [0, 0.1) is 10.1 Å². The fraction of sp³-hybridized carbons (Fsp3) is 0.211. The van der Waals surface area contributed by atoms with Crippen LogP contribution in [-0.4, -0.2) is 26.1 Å². The van der Waals surface area contributed by atoms with E-state index in [1.807, 2.05) is 12.1 Å². The first-order valence-electron chi connectivity index (χ1n) is 8.71. The van der Waals surface area contributed by atoms with Crippen molar-refractivity contribution >= 4 is 39.9 Å². The number of hydrogen-bond donors (Lipinski definition) is 1. The van der Waals surface area contributed by atoms with E-state index in [1.165, 1.54) is 36.0 Å². The fourth-order valence-electron chi connectivity index (χ4n) is 2.88. The second-order valence-electron chi connectivity index (χ2n) is 6.46. The molecule has 0 saturated heterocycles. The van der Waals surface area contributed by atoms with Gasteiger partial charge >= 0.3 is 0 Å². The van der Waals surface area contributed by atoms with Gasteiger partial charge in [-0.1, -0.05) is 23.9 Å². The molecule has 1 fully saturated rings. The van der Waals surface area contributed by atoms with Gasteiger partial charge in [0.2, 0.25) is 5.91 Å². The van der Waals surface area contributed by atoms with Crippen molar-refractivity contribution in [3.63, 3.8) is 0 Å². The highest BCUT2D eigenvalue weighted by atomic mass is 32.2. The molecule has 0 bridgehead atoms. The number of rotatable bonds is 6. The number of anilines is 1. The van der Waals surface area contributed by atoms with Crippen LogP contribution in [0.2, 0.25) is 0 Å². The Morgan fingerprint density at radius 3 is 2.61 bits per heavy atom. The molecular formula is C19H16N4O4S. The van der Waals surface area contributed by atoms with Crippen LogP contribution in [0.4, 0.5) is 11.4 Å². The topological polar surface area (TPSA) is 107 Å². The number of para-hydroxylation sites is 1. The maximum Gasteiger partial charge on any atom is 0.269 e. The van der Waals surface area contributed by atoms with Gasteiger partial charge < -0.3 is 5.32 Å². The van der Waals surface area contributed by atoms with E-state index in [4.69, 9.17) is 0 Å². The largest absolute Gasteiger partial charge is 0.325 e. The Hall–Kier alpha value is -3.20. The second-order valence-corrected chi connectivity index (χ2v) is 7.40. The van der Waals surface area contributed by atoms with Crippen molar-refractivity contribution in [3.05, 3.63) is 69.0 Å². The third-order valence-electron chi connectivity index (χ3n) is 4.38. The smallest absolute Gasteiger partial charge is 0.269 e. The summed E-state index contributed by atoms with van der Waals surface area (Å²) in [4.78, 5) is 39.8. The maximum atomic E-state index is 12.8. The van der Waals surface area contributed by atoms with Gasteiger partial charge in [-0.05, 0) is 37.1 Å². The van der Waals surface area contributed by atoms with Crippen molar-refractivity contribution in [1.82, 2.24) is 9.55 Å². The number of benzene rings is 2. The lowest BCUT2D eigenvalue weighted by atomic mass is 10.2. The van der Waals surface area contributed by atoms with Crippen molar-refractivity contribution in [2.24, 2.45) is 0 Å². The van der Waals surface area contributed by atoms with Gasteiger partial charge in [0.05, 0.1) is 21.6 Å². The first-order chi connectivity index (χ1) is 13.5. The minimum Gasteiger partial charge on any atom is -0.325 e. The molecule has 4 rings (SSSR count). The summed E-state index contributed by atoms with van der Waals surface area (Å²) in [6.45, 7) is 0. The molecule has 0 spiro atoms. The average molecular weight is 396 g/mol. The second kappa shape index (κ2) is 7.43. The fourth-order valence-corrected chi connectivity index (χ4v) is 3.74. The van der Waals surface area contributed by atoms with Crippen LogP contribution in [0.1, 0.15) is 18.9 Å². The number of carbonyl (C=O) groups excluding carboxylic acids is 1. The first-order valence-corrected chi connectivity index (χ1v) is 9.70. The molecule has 8 nitrogen and oxygen atoms in total. The monoisotopic (exact) mass is 396 g/mol. The zero-order chi connectivity index (χ0) is 19.7. The highest BCUT2D eigenvalue weighted by Crippen LogP contribution is 2.36. The zero-order valence-electron chi connectivity index (χ0n) is 14.7. The van der Waals surface area contributed by atoms with E-state index < -0.39 is 4.92 Å². The van der Waals surface area contributed by atoms with E-state index in [9.17, 15) is 19.7 Å². The van der Waals surface area contributed by atoms with Gasteiger partial charge in [0.25, 0.3) is 11.2 Å². The Morgan fingerprint density at radius 2 is 1.93 bits per heavy atom. The van der Waals surface area contributed by atoms with E-state index in [2.05, 4.69) is 10.3 Å². The van der Waals surface area contributed by atoms with Crippen molar-refractivity contribution in [3.8, 4) is 0 Å². The molecule has 28 heavy (non-hydrogen) atoms. The van der Waals surface area contributed by atoms with Gasteiger partial charge in [-0.15, -0.1) is 0 Å². The summed E-state index contributed by atoms with van der Waals surface area (Å²) in [6, 6.07) is 13.0. The third kappa shape index (κ3) is 3.74. The molecule has 1 aliphatic carbocycles. The molecule has 0 atom stereocenters. The standard InChI is InChI=1S/C19H16N4O4S/c24-17(20-12-5-7-14(8-6-12)23(26)27)11-28-19-21-16-4-2-1-3-15(16)18(25)22(19)13-9-10-13/h1-8,13H,9-11H2,(H,20,24). The summed E-state index contributed by atoms with van der Waals surface area (Å²) in [5, 5.41) is 14.5. The van der Waals surface area contributed by atoms with Crippen LogP contribution in [0.5, 0.6) is 0 Å². The summed E-state index contributed by atoms with van der Waals surface area (Å²) in [7, 11) is 0. The molecule has 142 valence electrons. The van der Waals surface area contributed by atoms with Gasteiger partial charge in [0, 0.05) is 23.9 Å². The Morgan fingerprint density at radius 1 is 1.21 bits per heavy atom. The molecule has 1 aromatic heterocycles. The number of non-ortho nitro benzene ring substituents is 1. The van der Waals surface area contributed by atoms with Crippen LogP contribution in [0.15, 0.2) is 58.5 Å². The molecule has 0 unspecified atom stereocenters. The summed E-state index contributed by atoms with van der Waals surface area (Å²) < 4.78 is 1.69. The number of nitrogens with one attached hydrogen (secondary N) is 1. The molecule has 1 amide bonds. The lowest BCUT2D eigenvalue weighted by molar-refractivity contribution is -0.384. The van der Waals surface area contributed by atoms with Crippen molar-refractivity contribution in [1.29, 1.82) is 0 Å². The van der Waals surface area contributed by atoms with Crippen LogP contribution in [-0.2, 0) is 4.79 Å². The normalized spacial score (nSPS) is 13.4. The molecular weight excluding hydrogens is 380 g/mol. The number of amides is 1. The Balaban J connectivity index is 1.50. The van der Waals surface area contributed by atoms with E-state index in [0.29, 0.717) is 21.7 Å². The predicted octanol–water partition coefficient (Wildman–Crippen LogP) is 3.37. The van der Waals surface area contributed by atoms with Crippen LogP contribution >= 0.6 is 11.8 Å². The van der Waals surface area contributed by atoms with Crippen molar-refractivity contribution in [2.45, 2.75) is 24.0 Å². The molecule has 1 saturated carbocycles. The highest BCUT2D eigenvalue weighted by molar-refractivity contribution is 7.99. The quantitative estimate of drug-likeness (QED) is 0.296. The van der Waals surface area contributed by atoms with Gasteiger partial charge in [-0.25, -0.2) is 4.98 Å². The van der Waals surface area contributed by atoms with Crippen LogP contribution < -0.4 is 10.9 Å². The minimum atomic E-state index is -0.496. The molecule has 3 aromatic rings. The van der Waals surface area contributed by atoms with Gasteiger partial charge in [0.15, 0.2) is 5.16 Å². The molecule has 1 heterocycles. The number of aromatic nitrogens is 2. The number of nitrogens with zero attached hydrogens (tertiary/aromatic N) is 3. The number of thioether (sulfide) groups is 1. The van der Waals surface area contributed by atoms with E-state index >= 15 is 0 Å². The van der Waals surface area contributed by atoms with E-state index in [1.54, 1.807) is 16.7 Å². The van der Waals surface area contributed by atoms with Gasteiger partial charge in [0.1, 0.15) is 0 Å². The average Bonchev–Trinajstić information content (AvgIpc) is 3.52. The van der Waals surface area contributed by atoms with E-state index in [-0.39, 0.29) is 28.9 Å². The van der Waals surface area contributed by atoms with Gasteiger partial charge in [-0.2, -0.15) is 0 Å². The third-order valence-corrected chi connectivity index (χ3v) is 5.33. The SMILES string of the molecule is O=C(CSc1nc2ccccc2c(=O)n1C1CC1)Nc1ccc([N+](=O)[O-])cc1. The molecule has 1 aliphatic rings. The molecule has 9 heteroatoms. The summed E-state index contributed by atoms with van der Waals surface area (Å²) in [5.41, 5.74) is 0.970. The number of nitro groups is 1. The zero-order valence-corrected chi connectivity index (χ0v) is 15.5. The Kier molecular flexibility index (Phi) is 4.82. The summed E-state index contributed by atoms with van der Waals surface area (Å²) in [6.07, 6.45) is 1.87. The van der Waals surface area contributed by atoms with Gasteiger partial charge in [-0.3, -0.25) is 24.3 Å². The molecule has 2 aromatic carbocycles. The maximum absolute atomic E-state index is 12.8. The molecule has 1 N–H and O–H groups in total. The highest BCUT2D eigenvalue weighted by Gasteiger charge is 2.28. The van der Waals surface area contributed by atoms with E-state index in [0.717, 1.165) is 12.8 Å². The Labute approximate surface area is 163 Å². The van der Waals surface area contributed by atoms with Crippen LogP contribution in [0.3, 0.4) is 0 Å². The summed E-state index contributed by atoms with van der Waals surface area (Å²) in [5.74, 6) is -0.197. The van der Waals surface area contributed by atoms with Crippen LogP contribution in [0.25, 0.3) is 10.9 Å². The predicted molar refractivity (Wildman–Crippen MR) is 107 cm³/mol. The van der Waals surface area contributed by atoms with Crippen molar-refractivity contribution < 1.29 is 9.72 Å². The molecule has 0 radical (unpaired) electrons. The first kappa shape index (κ1) is 18.2. The number of fused-ring (bicyclic) bond motifs is 1. The number of carbonyl (C=O) groups is 1. The van der Waals surface area contributed by atoms with Crippen molar-refractivity contribution in [2.75, 3.05) is 11.1 Å². The Bertz CT molecular complexity index is 1120. The lowest BCUT2D eigenvalue weighted by Crippen LogP contribution is -2.23. The lowest BCUT2D eigenvalue weighted by Gasteiger charge is -2.12. The minimum absolute atomic E-state index is 0.0406.